The van der Waals surface area contributed by atoms with Gasteiger partial charge in [0.15, 0.2) is 0 Å². The minimum absolute atomic E-state index is 0.609. The zero-order valence-electron chi connectivity index (χ0n) is 8.14. The summed E-state index contributed by atoms with van der Waals surface area (Å²) < 4.78 is 0. The van der Waals surface area contributed by atoms with E-state index in [1.807, 2.05) is 7.05 Å². The van der Waals surface area contributed by atoms with Gasteiger partial charge in [-0.25, -0.2) is 0 Å². The van der Waals surface area contributed by atoms with Crippen LogP contribution in [0.15, 0.2) is 11.6 Å². The van der Waals surface area contributed by atoms with Gasteiger partial charge in [0.2, 0.25) is 0 Å². The first-order valence-corrected chi connectivity index (χ1v) is 4.89. The van der Waals surface area contributed by atoms with Crippen molar-refractivity contribution in [3.8, 4) is 0 Å². The predicted molar refractivity (Wildman–Crippen MR) is 53.0 cm³/mol. The SMILES string of the molecule is CCC1=CC(CN)CCC1NC. The van der Waals surface area contributed by atoms with E-state index in [1.54, 1.807) is 5.57 Å². The van der Waals surface area contributed by atoms with Crippen LogP contribution in [0.5, 0.6) is 0 Å². The van der Waals surface area contributed by atoms with Crippen molar-refractivity contribution in [3.05, 3.63) is 11.6 Å². The van der Waals surface area contributed by atoms with Crippen LogP contribution in [0.1, 0.15) is 26.2 Å². The number of hydrogen-bond donors (Lipinski definition) is 2. The summed E-state index contributed by atoms with van der Waals surface area (Å²) in [4.78, 5) is 0. The lowest BCUT2D eigenvalue weighted by molar-refractivity contribution is 0.455. The van der Waals surface area contributed by atoms with Gasteiger partial charge >= 0.3 is 0 Å². The molecule has 0 heterocycles. The first-order chi connectivity index (χ1) is 5.81. The molecular formula is C10H20N2. The summed E-state index contributed by atoms with van der Waals surface area (Å²) in [5.74, 6) is 0.629. The van der Waals surface area contributed by atoms with Crippen LogP contribution in [0.3, 0.4) is 0 Å². The lowest BCUT2D eigenvalue weighted by Gasteiger charge is -2.27. The zero-order chi connectivity index (χ0) is 8.97. The minimum Gasteiger partial charge on any atom is -0.330 e. The van der Waals surface area contributed by atoms with Crippen molar-refractivity contribution < 1.29 is 0 Å². The van der Waals surface area contributed by atoms with E-state index in [9.17, 15) is 0 Å². The highest BCUT2D eigenvalue weighted by atomic mass is 14.9. The summed E-state index contributed by atoms with van der Waals surface area (Å²) in [6.45, 7) is 3.02. The molecule has 0 amide bonds. The van der Waals surface area contributed by atoms with E-state index in [4.69, 9.17) is 5.73 Å². The van der Waals surface area contributed by atoms with Gasteiger partial charge in [-0.1, -0.05) is 18.6 Å². The van der Waals surface area contributed by atoms with Gasteiger partial charge in [-0.2, -0.15) is 0 Å². The van der Waals surface area contributed by atoms with Gasteiger partial charge in [0, 0.05) is 6.04 Å². The van der Waals surface area contributed by atoms with Crippen LogP contribution in [0, 0.1) is 5.92 Å². The second-order valence-corrected chi connectivity index (χ2v) is 3.51. The van der Waals surface area contributed by atoms with E-state index >= 15 is 0 Å². The predicted octanol–water partition coefficient (Wildman–Crippen LogP) is 1.28. The van der Waals surface area contributed by atoms with E-state index in [0.29, 0.717) is 12.0 Å². The van der Waals surface area contributed by atoms with Gasteiger partial charge in [-0.05, 0) is 38.8 Å². The molecule has 0 aromatic rings. The van der Waals surface area contributed by atoms with Crippen molar-refractivity contribution in [2.45, 2.75) is 32.2 Å². The Balaban J connectivity index is 2.62. The van der Waals surface area contributed by atoms with E-state index in [-0.39, 0.29) is 0 Å². The molecular weight excluding hydrogens is 148 g/mol. The molecule has 2 nitrogen and oxygen atoms in total. The molecule has 1 aliphatic carbocycles. The molecule has 2 heteroatoms. The van der Waals surface area contributed by atoms with Crippen LogP contribution in [0.2, 0.25) is 0 Å². The van der Waals surface area contributed by atoms with Crippen LogP contribution in [0.25, 0.3) is 0 Å². The number of nitrogens with one attached hydrogen (secondary N) is 1. The van der Waals surface area contributed by atoms with Crippen LogP contribution in [-0.2, 0) is 0 Å². The second kappa shape index (κ2) is 4.63. The second-order valence-electron chi connectivity index (χ2n) is 3.51. The van der Waals surface area contributed by atoms with Crippen molar-refractivity contribution in [2.75, 3.05) is 13.6 Å². The van der Waals surface area contributed by atoms with Crippen molar-refractivity contribution >= 4 is 0 Å². The number of hydrogen-bond acceptors (Lipinski definition) is 2. The van der Waals surface area contributed by atoms with Crippen LogP contribution < -0.4 is 11.1 Å². The van der Waals surface area contributed by atoms with E-state index in [0.717, 1.165) is 13.0 Å². The first kappa shape index (κ1) is 9.75. The maximum atomic E-state index is 5.64. The third-order valence-corrected chi connectivity index (χ3v) is 2.78. The molecule has 0 aliphatic heterocycles. The highest BCUT2D eigenvalue weighted by Crippen LogP contribution is 2.24. The molecule has 3 N–H and O–H groups in total. The number of likely N-dealkylation sites (N-methyl/N-ethyl adjacent to an activating group) is 1. The molecule has 12 heavy (non-hydrogen) atoms. The topological polar surface area (TPSA) is 38.0 Å². The molecule has 0 bridgehead atoms. The lowest BCUT2D eigenvalue weighted by atomic mass is 9.86. The largest absolute Gasteiger partial charge is 0.330 e. The molecule has 2 unspecified atom stereocenters. The van der Waals surface area contributed by atoms with Crippen molar-refractivity contribution in [3.63, 3.8) is 0 Å². The Hall–Kier alpha value is -0.340. The standard InChI is InChI=1S/C10H20N2/c1-3-9-6-8(7-11)4-5-10(9)12-2/h6,8,10,12H,3-5,7,11H2,1-2H3. The molecule has 1 aliphatic rings. The summed E-state index contributed by atoms with van der Waals surface area (Å²) >= 11 is 0. The van der Waals surface area contributed by atoms with Crippen molar-refractivity contribution in [1.82, 2.24) is 5.32 Å². The Morgan fingerprint density at radius 2 is 2.33 bits per heavy atom. The van der Waals surface area contributed by atoms with Gasteiger partial charge in [0.1, 0.15) is 0 Å². The van der Waals surface area contributed by atoms with E-state index in [1.165, 1.54) is 12.8 Å². The fraction of sp³-hybridized carbons (Fsp3) is 0.800. The van der Waals surface area contributed by atoms with E-state index < -0.39 is 0 Å². The number of rotatable bonds is 3. The Morgan fingerprint density at radius 3 is 2.83 bits per heavy atom. The van der Waals surface area contributed by atoms with Gasteiger partial charge in [0.25, 0.3) is 0 Å². The lowest BCUT2D eigenvalue weighted by Crippen LogP contribution is -2.32. The summed E-state index contributed by atoms with van der Waals surface area (Å²) in [6, 6.07) is 0.609. The monoisotopic (exact) mass is 168 g/mol. The highest BCUT2D eigenvalue weighted by Gasteiger charge is 2.19. The van der Waals surface area contributed by atoms with Gasteiger partial charge < -0.3 is 11.1 Å². The Labute approximate surface area is 75.2 Å². The third-order valence-electron chi connectivity index (χ3n) is 2.78. The maximum absolute atomic E-state index is 5.64. The summed E-state index contributed by atoms with van der Waals surface area (Å²) in [5, 5.41) is 3.34. The smallest absolute Gasteiger partial charge is 0.0276 e. The number of nitrogens with two attached hydrogens (primary N) is 1. The zero-order valence-corrected chi connectivity index (χ0v) is 8.14. The fourth-order valence-electron chi connectivity index (χ4n) is 1.95. The highest BCUT2D eigenvalue weighted by molar-refractivity contribution is 5.15. The maximum Gasteiger partial charge on any atom is 0.0276 e. The quantitative estimate of drug-likeness (QED) is 0.623. The fourth-order valence-corrected chi connectivity index (χ4v) is 1.95. The summed E-state index contributed by atoms with van der Waals surface area (Å²) in [7, 11) is 2.04. The molecule has 0 fully saturated rings. The Morgan fingerprint density at radius 1 is 1.58 bits per heavy atom. The average molecular weight is 168 g/mol. The minimum atomic E-state index is 0.609. The van der Waals surface area contributed by atoms with Crippen molar-refractivity contribution in [2.24, 2.45) is 11.7 Å². The molecule has 0 saturated heterocycles. The Kier molecular flexibility index (Phi) is 3.76. The molecule has 2 atom stereocenters. The Bertz CT molecular complexity index is 163. The van der Waals surface area contributed by atoms with Crippen LogP contribution >= 0.6 is 0 Å². The normalized spacial score (nSPS) is 30.1. The molecule has 1 rings (SSSR count). The molecule has 0 saturated carbocycles. The van der Waals surface area contributed by atoms with Crippen LogP contribution in [-0.4, -0.2) is 19.6 Å². The van der Waals surface area contributed by atoms with Crippen LogP contribution in [0.4, 0.5) is 0 Å². The molecule has 0 spiro atoms. The van der Waals surface area contributed by atoms with E-state index in [2.05, 4.69) is 18.3 Å². The summed E-state index contributed by atoms with van der Waals surface area (Å²) in [6.07, 6.45) is 6.01. The molecule has 0 aromatic heterocycles. The van der Waals surface area contributed by atoms with Gasteiger partial charge in [0.05, 0.1) is 0 Å². The van der Waals surface area contributed by atoms with Crippen molar-refractivity contribution in [1.29, 1.82) is 0 Å². The molecule has 0 aromatic carbocycles. The van der Waals surface area contributed by atoms with Gasteiger partial charge in [-0.15, -0.1) is 0 Å². The molecule has 0 radical (unpaired) electrons. The first-order valence-electron chi connectivity index (χ1n) is 4.89. The van der Waals surface area contributed by atoms with Gasteiger partial charge in [-0.3, -0.25) is 0 Å². The summed E-state index contributed by atoms with van der Waals surface area (Å²) in [5.41, 5.74) is 7.18. The average Bonchev–Trinajstić information content (AvgIpc) is 2.16. The molecule has 70 valence electrons. The third kappa shape index (κ3) is 2.08.